The molecule has 0 aromatic heterocycles. The molecule has 0 bridgehead atoms. The molecule has 4 heteroatoms. The highest BCUT2D eigenvalue weighted by molar-refractivity contribution is 5.88. The SMILES string of the molecule is C=C(C)C(=O)Oc1ccc(-c2ccc(OC)cc2)c(F)c1. The standard InChI is InChI=1S/C17H15FO3/c1-11(2)17(19)21-14-8-9-15(16(18)10-14)12-4-6-13(20-3)7-5-12/h4-10H,1H2,2-3H3. The fourth-order valence-electron chi connectivity index (χ4n) is 1.76. The maximum absolute atomic E-state index is 14.1. The number of ether oxygens (including phenoxy) is 2. The lowest BCUT2D eigenvalue weighted by Crippen LogP contribution is -2.08. The van der Waals surface area contributed by atoms with E-state index in [1.54, 1.807) is 43.5 Å². The molecule has 108 valence electrons. The first-order valence-electron chi connectivity index (χ1n) is 6.33. The van der Waals surface area contributed by atoms with Crippen LogP contribution in [0, 0.1) is 5.82 Å². The van der Waals surface area contributed by atoms with Crippen LogP contribution in [0.4, 0.5) is 4.39 Å². The average molecular weight is 286 g/mol. The number of hydrogen-bond acceptors (Lipinski definition) is 3. The van der Waals surface area contributed by atoms with Gasteiger partial charge < -0.3 is 9.47 Å². The second-order valence-corrected chi connectivity index (χ2v) is 4.54. The van der Waals surface area contributed by atoms with Gasteiger partial charge in [-0.05, 0) is 36.8 Å². The highest BCUT2D eigenvalue weighted by Crippen LogP contribution is 2.28. The van der Waals surface area contributed by atoms with Crippen molar-refractivity contribution in [3.05, 3.63) is 60.4 Å². The van der Waals surface area contributed by atoms with Gasteiger partial charge in [0.15, 0.2) is 0 Å². The highest BCUT2D eigenvalue weighted by Gasteiger charge is 2.10. The first-order valence-corrected chi connectivity index (χ1v) is 6.33. The van der Waals surface area contributed by atoms with Gasteiger partial charge in [-0.1, -0.05) is 18.7 Å². The summed E-state index contributed by atoms with van der Waals surface area (Å²) in [5.74, 6) is -0.192. The Balaban J connectivity index is 2.26. The van der Waals surface area contributed by atoms with Gasteiger partial charge in [-0.3, -0.25) is 0 Å². The summed E-state index contributed by atoms with van der Waals surface area (Å²) in [5.41, 5.74) is 1.40. The minimum Gasteiger partial charge on any atom is -0.497 e. The molecule has 3 nitrogen and oxygen atoms in total. The Kier molecular flexibility index (Phi) is 4.38. The number of hydrogen-bond donors (Lipinski definition) is 0. The molecule has 0 unspecified atom stereocenters. The minimum absolute atomic E-state index is 0.151. The Morgan fingerprint density at radius 1 is 1.10 bits per heavy atom. The molecule has 2 aromatic rings. The number of esters is 1. The van der Waals surface area contributed by atoms with Crippen molar-refractivity contribution in [2.24, 2.45) is 0 Å². The van der Waals surface area contributed by atoms with Gasteiger partial charge in [-0.25, -0.2) is 9.18 Å². The zero-order valence-corrected chi connectivity index (χ0v) is 11.9. The predicted molar refractivity (Wildman–Crippen MR) is 78.8 cm³/mol. The molecule has 0 radical (unpaired) electrons. The summed E-state index contributed by atoms with van der Waals surface area (Å²) in [5, 5.41) is 0. The lowest BCUT2D eigenvalue weighted by molar-refractivity contribution is -0.130. The van der Waals surface area contributed by atoms with Crippen molar-refractivity contribution in [2.45, 2.75) is 6.92 Å². The third-order valence-electron chi connectivity index (χ3n) is 2.90. The second kappa shape index (κ2) is 6.22. The lowest BCUT2D eigenvalue weighted by atomic mass is 10.0. The van der Waals surface area contributed by atoms with Crippen LogP contribution in [-0.2, 0) is 4.79 Å². The molecule has 0 N–H and O–H groups in total. The minimum atomic E-state index is -0.577. The number of halogens is 1. The first-order chi connectivity index (χ1) is 10.0. The Hall–Kier alpha value is -2.62. The molecule has 0 aliphatic rings. The van der Waals surface area contributed by atoms with E-state index in [0.29, 0.717) is 16.9 Å². The summed E-state index contributed by atoms with van der Waals surface area (Å²) in [4.78, 5) is 11.4. The molecular weight excluding hydrogens is 271 g/mol. The van der Waals surface area contributed by atoms with Crippen LogP contribution in [0.2, 0.25) is 0 Å². The van der Waals surface area contributed by atoms with Crippen molar-refractivity contribution in [3.8, 4) is 22.6 Å². The molecule has 0 atom stereocenters. The maximum atomic E-state index is 14.1. The number of carbonyl (C=O) groups excluding carboxylic acids is 1. The zero-order valence-electron chi connectivity index (χ0n) is 11.9. The Morgan fingerprint density at radius 2 is 1.71 bits per heavy atom. The molecule has 2 aromatic carbocycles. The molecule has 0 aliphatic heterocycles. The summed E-state index contributed by atoms with van der Waals surface area (Å²) in [7, 11) is 1.57. The van der Waals surface area contributed by atoms with Crippen molar-refractivity contribution < 1.29 is 18.7 Å². The third kappa shape index (κ3) is 3.48. The van der Waals surface area contributed by atoms with Crippen LogP contribution >= 0.6 is 0 Å². The number of rotatable bonds is 4. The summed E-state index contributed by atoms with van der Waals surface area (Å²) in [6, 6.07) is 11.3. The van der Waals surface area contributed by atoms with E-state index in [2.05, 4.69) is 6.58 Å². The van der Waals surface area contributed by atoms with Gasteiger partial charge in [0.25, 0.3) is 0 Å². The van der Waals surface area contributed by atoms with Crippen molar-refractivity contribution in [2.75, 3.05) is 7.11 Å². The monoisotopic (exact) mass is 286 g/mol. The van der Waals surface area contributed by atoms with Crippen LogP contribution in [0.3, 0.4) is 0 Å². The van der Waals surface area contributed by atoms with Gasteiger partial charge in [0.1, 0.15) is 17.3 Å². The highest BCUT2D eigenvalue weighted by atomic mass is 19.1. The number of benzene rings is 2. The Labute approximate surface area is 122 Å². The summed E-state index contributed by atoms with van der Waals surface area (Å²) in [6.07, 6.45) is 0. The van der Waals surface area contributed by atoms with Crippen LogP contribution in [0.25, 0.3) is 11.1 Å². The topological polar surface area (TPSA) is 35.5 Å². The molecule has 0 saturated heterocycles. The molecular formula is C17H15FO3. The van der Waals surface area contributed by atoms with Crippen molar-refractivity contribution >= 4 is 5.97 Å². The maximum Gasteiger partial charge on any atom is 0.338 e. The smallest absolute Gasteiger partial charge is 0.338 e. The van der Waals surface area contributed by atoms with Gasteiger partial charge in [-0.15, -0.1) is 0 Å². The van der Waals surface area contributed by atoms with Crippen LogP contribution < -0.4 is 9.47 Å². The van der Waals surface area contributed by atoms with Crippen molar-refractivity contribution in [1.29, 1.82) is 0 Å². The first kappa shape index (κ1) is 14.8. The van der Waals surface area contributed by atoms with Gasteiger partial charge in [0, 0.05) is 17.2 Å². The fourth-order valence-corrected chi connectivity index (χ4v) is 1.76. The quantitative estimate of drug-likeness (QED) is 0.484. The molecule has 0 amide bonds. The number of carbonyl (C=O) groups is 1. The van der Waals surface area contributed by atoms with Crippen molar-refractivity contribution in [3.63, 3.8) is 0 Å². The van der Waals surface area contributed by atoms with E-state index in [1.165, 1.54) is 13.0 Å². The third-order valence-corrected chi connectivity index (χ3v) is 2.90. The van der Waals surface area contributed by atoms with Crippen LogP contribution in [0.5, 0.6) is 11.5 Å². The van der Waals surface area contributed by atoms with E-state index in [9.17, 15) is 9.18 Å². The average Bonchev–Trinajstić information content (AvgIpc) is 2.47. The second-order valence-electron chi connectivity index (χ2n) is 4.54. The molecule has 2 rings (SSSR count). The molecule has 0 aliphatic carbocycles. The van der Waals surface area contributed by atoms with Gasteiger partial charge in [0.2, 0.25) is 0 Å². The predicted octanol–water partition coefficient (Wildman–Crippen LogP) is 3.98. The Bertz CT molecular complexity index is 675. The van der Waals surface area contributed by atoms with E-state index in [0.717, 1.165) is 0 Å². The molecule has 0 spiro atoms. The van der Waals surface area contributed by atoms with Crippen LogP contribution in [-0.4, -0.2) is 13.1 Å². The molecule has 0 fully saturated rings. The van der Waals surface area contributed by atoms with E-state index >= 15 is 0 Å². The van der Waals surface area contributed by atoms with E-state index in [1.807, 2.05) is 0 Å². The normalized spacial score (nSPS) is 10.0. The van der Waals surface area contributed by atoms with E-state index in [-0.39, 0.29) is 11.3 Å². The van der Waals surface area contributed by atoms with Gasteiger partial charge >= 0.3 is 5.97 Å². The molecule has 21 heavy (non-hydrogen) atoms. The zero-order chi connectivity index (χ0) is 15.4. The summed E-state index contributed by atoms with van der Waals surface area (Å²) >= 11 is 0. The largest absolute Gasteiger partial charge is 0.497 e. The fraction of sp³-hybridized carbons (Fsp3) is 0.118. The van der Waals surface area contributed by atoms with Gasteiger partial charge in [-0.2, -0.15) is 0 Å². The van der Waals surface area contributed by atoms with E-state index < -0.39 is 11.8 Å². The van der Waals surface area contributed by atoms with E-state index in [4.69, 9.17) is 9.47 Å². The lowest BCUT2D eigenvalue weighted by Gasteiger charge is -2.08. The molecule has 0 heterocycles. The van der Waals surface area contributed by atoms with Gasteiger partial charge in [0.05, 0.1) is 7.11 Å². The summed E-state index contributed by atoms with van der Waals surface area (Å²) in [6.45, 7) is 5.01. The van der Waals surface area contributed by atoms with Crippen LogP contribution in [0.1, 0.15) is 6.92 Å². The number of methoxy groups -OCH3 is 1. The molecule has 0 saturated carbocycles. The van der Waals surface area contributed by atoms with Crippen molar-refractivity contribution in [1.82, 2.24) is 0 Å². The summed E-state index contributed by atoms with van der Waals surface area (Å²) < 4.78 is 24.2. The Morgan fingerprint density at radius 3 is 2.24 bits per heavy atom. The van der Waals surface area contributed by atoms with Crippen LogP contribution in [0.15, 0.2) is 54.6 Å².